The average molecular weight is 523 g/mol. The predicted molar refractivity (Wildman–Crippen MR) is 139 cm³/mol. The molecule has 1 unspecified atom stereocenters. The molecule has 3 rings (SSSR count). The third-order valence-corrected chi connectivity index (χ3v) is 8.19. The zero-order valence-electron chi connectivity index (χ0n) is 23.4. The Morgan fingerprint density at radius 1 is 1.08 bits per heavy atom. The molecule has 0 aromatic heterocycles. The molecular weight excluding hydrogens is 476 g/mol. The van der Waals surface area contributed by atoms with Crippen molar-refractivity contribution in [2.45, 2.75) is 122 Å². The van der Waals surface area contributed by atoms with Crippen molar-refractivity contribution in [2.24, 2.45) is 5.92 Å². The molecule has 0 spiro atoms. The number of hydrogen-bond acceptors (Lipinski definition) is 6. The van der Waals surface area contributed by atoms with Crippen molar-refractivity contribution in [1.29, 1.82) is 0 Å². The lowest BCUT2D eigenvalue weighted by atomic mass is 9.82. The van der Waals surface area contributed by atoms with Gasteiger partial charge in [0.05, 0.1) is 0 Å². The van der Waals surface area contributed by atoms with Gasteiger partial charge in [-0.25, -0.2) is 9.59 Å². The van der Waals surface area contributed by atoms with Crippen molar-refractivity contribution >= 4 is 23.9 Å². The lowest BCUT2D eigenvalue weighted by Crippen LogP contribution is -2.68. The van der Waals surface area contributed by atoms with Gasteiger partial charge in [0.25, 0.3) is 0 Å². The van der Waals surface area contributed by atoms with Gasteiger partial charge < -0.3 is 20.1 Å². The molecule has 37 heavy (non-hydrogen) atoms. The maximum absolute atomic E-state index is 14.2. The summed E-state index contributed by atoms with van der Waals surface area (Å²) in [4.78, 5) is 57.7. The first-order chi connectivity index (χ1) is 17.4. The summed E-state index contributed by atoms with van der Waals surface area (Å²) in [7, 11) is 0. The number of carboxylic acids is 1. The molecule has 210 valence electrons. The van der Waals surface area contributed by atoms with Crippen molar-refractivity contribution in [3.8, 4) is 0 Å². The Balaban J connectivity index is 1.85. The molecule has 3 amide bonds. The Bertz CT molecular complexity index is 852. The van der Waals surface area contributed by atoms with Crippen molar-refractivity contribution < 1.29 is 29.0 Å². The number of nitrogens with one attached hydrogen (secondary N) is 1. The van der Waals surface area contributed by atoms with E-state index in [0.717, 1.165) is 51.5 Å². The summed E-state index contributed by atoms with van der Waals surface area (Å²) in [5.41, 5.74) is -0.703. The van der Waals surface area contributed by atoms with E-state index < -0.39 is 41.7 Å². The third kappa shape index (κ3) is 6.75. The highest BCUT2D eigenvalue weighted by Gasteiger charge is 2.49. The summed E-state index contributed by atoms with van der Waals surface area (Å²) in [6.07, 6.45) is 5.93. The molecule has 3 fully saturated rings. The highest BCUT2D eigenvalue weighted by molar-refractivity contribution is 5.93. The normalized spacial score (nSPS) is 26.6. The molecule has 5 atom stereocenters. The van der Waals surface area contributed by atoms with Crippen molar-refractivity contribution in [3.05, 3.63) is 0 Å². The maximum Gasteiger partial charge on any atom is 0.410 e. The van der Waals surface area contributed by atoms with Gasteiger partial charge in [-0.3, -0.25) is 19.4 Å². The number of carbonyl (C=O) groups is 4. The molecule has 0 bridgehead atoms. The molecule has 0 aromatic rings. The molecule has 1 saturated carbocycles. The standard InChI is InChI=1S/C27H46N4O6/c1-7-30(26(36)37-27(4,5)6)18(3)23(32)28-22(19-12-9-8-10-13-19)24(33)31-17(2)20-14-11-15-29(20)16-21(31)25(34)35/h17-22H,7-16H2,1-6H3,(H,28,32)(H,34,35)/t17?,18-,20+,21-,22-/m0/s1. The van der Waals surface area contributed by atoms with E-state index in [-0.39, 0.29) is 30.5 Å². The molecular formula is C27H46N4O6. The van der Waals surface area contributed by atoms with Crippen molar-refractivity contribution in [3.63, 3.8) is 0 Å². The summed E-state index contributed by atoms with van der Waals surface area (Å²) < 4.78 is 5.48. The number of likely N-dealkylation sites (N-methyl/N-ethyl adjacent to an activating group) is 1. The molecule has 1 aliphatic carbocycles. The van der Waals surface area contributed by atoms with E-state index in [4.69, 9.17) is 4.74 Å². The SMILES string of the molecule is CCN(C(=O)OC(C)(C)C)[C@@H](C)C(=O)N[C@H](C(=O)N1C(C)[C@H]2CCCN2C[C@H]1C(=O)O)C1CCCCC1. The number of carbonyl (C=O) groups excluding carboxylic acids is 3. The van der Waals surface area contributed by atoms with E-state index in [1.807, 2.05) is 6.92 Å². The van der Waals surface area contributed by atoms with Gasteiger partial charge in [-0.05, 0) is 79.7 Å². The van der Waals surface area contributed by atoms with Gasteiger partial charge in [-0.2, -0.15) is 0 Å². The van der Waals surface area contributed by atoms with Crippen LogP contribution < -0.4 is 5.32 Å². The number of fused-ring (bicyclic) bond motifs is 1. The molecule has 3 aliphatic rings. The van der Waals surface area contributed by atoms with Crippen molar-refractivity contribution in [1.82, 2.24) is 20.0 Å². The fourth-order valence-electron chi connectivity index (χ4n) is 6.26. The predicted octanol–water partition coefficient (Wildman–Crippen LogP) is 2.85. The number of rotatable bonds is 7. The average Bonchev–Trinajstić information content (AvgIpc) is 3.31. The number of ether oxygens (including phenoxy) is 1. The van der Waals surface area contributed by atoms with Crippen LogP contribution in [-0.4, -0.2) is 99.1 Å². The summed E-state index contributed by atoms with van der Waals surface area (Å²) in [5, 5.41) is 13.0. The smallest absolute Gasteiger partial charge is 0.410 e. The number of amides is 3. The number of hydrogen-bond donors (Lipinski definition) is 2. The van der Waals surface area contributed by atoms with E-state index in [1.54, 1.807) is 34.6 Å². The van der Waals surface area contributed by atoms with Gasteiger partial charge in [0.1, 0.15) is 23.7 Å². The van der Waals surface area contributed by atoms with E-state index in [1.165, 1.54) is 9.80 Å². The summed E-state index contributed by atoms with van der Waals surface area (Å²) >= 11 is 0. The fraction of sp³-hybridized carbons (Fsp3) is 0.852. The second-order valence-corrected chi connectivity index (χ2v) is 11.9. The Morgan fingerprint density at radius 2 is 1.73 bits per heavy atom. The number of aliphatic carboxylic acids is 1. The molecule has 2 saturated heterocycles. The van der Waals surface area contributed by atoms with Crippen LogP contribution in [0.2, 0.25) is 0 Å². The third-order valence-electron chi connectivity index (χ3n) is 8.19. The van der Waals surface area contributed by atoms with Crippen LogP contribution in [0.25, 0.3) is 0 Å². The quantitative estimate of drug-likeness (QED) is 0.528. The van der Waals surface area contributed by atoms with Gasteiger partial charge in [-0.1, -0.05) is 19.3 Å². The highest BCUT2D eigenvalue weighted by Crippen LogP contribution is 2.33. The van der Waals surface area contributed by atoms with Crippen LogP contribution in [0.3, 0.4) is 0 Å². The highest BCUT2D eigenvalue weighted by atomic mass is 16.6. The minimum absolute atomic E-state index is 0.0720. The summed E-state index contributed by atoms with van der Waals surface area (Å²) in [6.45, 7) is 12.1. The second kappa shape index (κ2) is 12.0. The first-order valence-corrected chi connectivity index (χ1v) is 13.9. The van der Waals surface area contributed by atoms with Gasteiger partial charge >= 0.3 is 12.1 Å². The fourth-order valence-corrected chi connectivity index (χ4v) is 6.26. The first kappa shape index (κ1) is 29.2. The molecule has 0 radical (unpaired) electrons. The molecule has 10 nitrogen and oxygen atoms in total. The van der Waals surface area contributed by atoms with E-state index in [2.05, 4.69) is 10.2 Å². The van der Waals surface area contributed by atoms with E-state index in [9.17, 15) is 24.3 Å². The van der Waals surface area contributed by atoms with Crippen molar-refractivity contribution in [2.75, 3.05) is 19.6 Å². The zero-order valence-corrected chi connectivity index (χ0v) is 23.4. The second-order valence-electron chi connectivity index (χ2n) is 11.9. The maximum atomic E-state index is 14.2. The number of piperazine rings is 1. The summed E-state index contributed by atoms with van der Waals surface area (Å²) in [5.74, 6) is -1.85. The monoisotopic (exact) mass is 522 g/mol. The van der Waals surface area contributed by atoms with Crippen LogP contribution >= 0.6 is 0 Å². The number of nitrogens with zero attached hydrogens (tertiary/aromatic N) is 3. The molecule has 10 heteroatoms. The Hall–Kier alpha value is -2.36. The van der Waals surface area contributed by atoms with E-state index >= 15 is 0 Å². The largest absolute Gasteiger partial charge is 0.480 e. The first-order valence-electron chi connectivity index (χ1n) is 13.9. The van der Waals surface area contributed by atoms with E-state index in [0.29, 0.717) is 6.54 Å². The van der Waals surface area contributed by atoms with Crippen LogP contribution in [0.5, 0.6) is 0 Å². The molecule has 0 aromatic carbocycles. The minimum Gasteiger partial charge on any atom is -0.480 e. The topological polar surface area (TPSA) is 119 Å². The Morgan fingerprint density at radius 3 is 2.30 bits per heavy atom. The molecule has 2 aliphatic heterocycles. The zero-order chi connectivity index (χ0) is 27.5. The molecule has 2 heterocycles. The Kier molecular flexibility index (Phi) is 9.47. The lowest BCUT2D eigenvalue weighted by Gasteiger charge is -2.48. The van der Waals surface area contributed by atoms with Crippen LogP contribution in [0.4, 0.5) is 4.79 Å². The van der Waals surface area contributed by atoms with Crippen LogP contribution in [0, 0.1) is 5.92 Å². The summed E-state index contributed by atoms with van der Waals surface area (Å²) in [6, 6.07) is -2.77. The lowest BCUT2D eigenvalue weighted by molar-refractivity contribution is -0.161. The van der Waals surface area contributed by atoms with Gasteiger partial charge in [0, 0.05) is 25.2 Å². The minimum atomic E-state index is -1.02. The Labute approximate surface area is 221 Å². The molecule has 2 N–H and O–H groups in total. The van der Waals surface area contributed by atoms with Crippen LogP contribution in [0.1, 0.15) is 86.5 Å². The number of carboxylic acid groups (broad SMARTS) is 1. The van der Waals surface area contributed by atoms with Crippen LogP contribution in [-0.2, 0) is 19.1 Å². The van der Waals surface area contributed by atoms with Gasteiger partial charge in [-0.15, -0.1) is 0 Å². The van der Waals surface area contributed by atoms with Crippen LogP contribution in [0.15, 0.2) is 0 Å². The van der Waals surface area contributed by atoms with Gasteiger partial charge in [0.15, 0.2) is 0 Å². The van der Waals surface area contributed by atoms with Gasteiger partial charge in [0.2, 0.25) is 11.8 Å².